The van der Waals surface area contributed by atoms with E-state index in [9.17, 15) is 0 Å². The van der Waals surface area contributed by atoms with E-state index >= 15 is 0 Å². The molecular weight excluding hydrogens is 248 g/mol. The zero-order valence-corrected chi connectivity index (χ0v) is 13.4. The number of nitrogens with two attached hydrogens (primary N) is 1. The summed E-state index contributed by atoms with van der Waals surface area (Å²) in [6.07, 6.45) is 9.07. The fraction of sp³-hybridized carbons (Fsp3) is 1.00. The summed E-state index contributed by atoms with van der Waals surface area (Å²) in [7, 11) is 0. The minimum Gasteiger partial charge on any atom is -0.375 e. The van der Waals surface area contributed by atoms with Crippen LogP contribution < -0.4 is 5.73 Å². The smallest absolute Gasteiger partial charge is 0.0670 e. The van der Waals surface area contributed by atoms with Crippen molar-refractivity contribution in [3.8, 4) is 0 Å². The van der Waals surface area contributed by atoms with E-state index in [1.807, 2.05) is 0 Å². The Morgan fingerprint density at radius 2 is 1.75 bits per heavy atom. The van der Waals surface area contributed by atoms with Crippen molar-refractivity contribution in [1.82, 2.24) is 4.90 Å². The molecule has 3 aliphatic rings. The van der Waals surface area contributed by atoms with Gasteiger partial charge >= 0.3 is 0 Å². The molecule has 0 bridgehead atoms. The summed E-state index contributed by atoms with van der Waals surface area (Å²) in [5.41, 5.74) is 6.54. The van der Waals surface area contributed by atoms with Crippen molar-refractivity contribution in [2.75, 3.05) is 26.2 Å². The van der Waals surface area contributed by atoms with Gasteiger partial charge in [0.1, 0.15) is 0 Å². The lowest BCUT2D eigenvalue weighted by Crippen LogP contribution is -2.61. The van der Waals surface area contributed by atoms with Crippen LogP contribution in [0.2, 0.25) is 0 Å². The normalized spacial score (nSPS) is 38.4. The Bertz CT molecular complexity index is 326. The summed E-state index contributed by atoms with van der Waals surface area (Å²) in [5, 5.41) is 0. The molecule has 116 valence electrons. The minimum atomic E-state index is 0.0307. The highest BCUT2D eigenvalue weighted by Crippen LogP contribution is 2.42. The molecule has 2 saturated carbocycles. The molecule has 0 spiro atoms. The summed E-state index contributed by atoms with van der Waals surface area (Å²) < 4.78 is 6.08. The molecule has 3 fully saturated rings. The molecular formula is C17H32N2O. The van der Waals surface area contributed by atoms with Crippen molar-refractivity contribution >= 4 is 0 Å². The van der Waals surface area contributed by atoms with E-state index in [2.05, 4.69) is 18.7 Å². The Kier molecular flexibility index (Phi) is 4.13. The van der Waals surface area contributed by atoms with Crippen LogP contribution in [0.25, 0.3) is 0 Å². The quantitative estimate of drug-likeness (QED) is 0.779. The number of rotatable bonds is 7. The average molecular weight is 280 g/mol. The molecule has 0 radical (unpaired) electrons. The van der Waals surface area contributed by atoms with Gasteiger partial charge < -0.3 is 10.5 Å². The molecule has 2 aliphatic carbocycles. The number of hydrogen-bond acceptors (Lipinski definition) is 3. The van der Waals surface area contributed by atoms with Gasteiger partial charge in [0.15, 0.2) is 0 Å². The third kappa shape index (κ3) is 3.20. The zero-order chi connectivity index (χ0) is 14.2. The predicted octanol–water partition coefficient (Wildman–Crippen LogP) is 2.79. The molecule has 20 heavy (non-hydrogen) atoms. The van der Waals surface area contributed by atoms with Crippen LogP contribution in [0.5, 0.6) is 0 Å². The van der Waals surface area contributed by atoms with E-state index in [1.54, 1.807) is 0 Å². The molecule has 3 rings (SSSR count). The van der Waals surface area contributed by atoms with E-state index < -0.39 is 0 Å². The number of hydrogen-bond donors (Lipinski definition) is 1. The first-order chi connectivity index (χ1) is 9.59. The van der Waals surface area contributed by atoms with Crippen molar-refractivity contribution in [2.24, 2.45) is 17.6 Å². The van der Waals surface area contributed by atoms with Crippen LogP contribution in [0.15, 0.2) is 0 Å². The van der Waals surface area contributed by atoms with Crippen molar-refractivity contribution in [3.05, 3.63) is 0 Å². The molecule has 0 amide bonds. The lowest BCUT2D eigenvalue weighted by molar-refractivity contribution is -0.130. The van der Waals surface area contributed by atoms with E-state index in [1.165, 1.54) is 38.8 Å². The van der Waals surface area contributed by atoms with Gasteiger partial charge in [-0.1, -0.05) is 6.92 Å². The SMILES string of the molecule is CCC1(C)CC(CN)(N(CC2CC2)CC2CC2)CCO1. The Labute approximate surface area is 124 Å². The summed E-state index contributed by atoms with van der Waals surface area (Å²) >= 11 is 0. The Balaban J connectivity index is 1.75. The lowest BCUT2D eigenvalue weighted by atomic mass is 9.77. The number of ether oxygens (including phenoxy) is 1. The lowest BCUT2D eigenvalue weighted by Gasteiger charge is -2.52. The summed E-state index contributed by atoms with van der Waals surface area (Å²) in [6.45, 7) is 8.78. The van der Waals surface area contributed by atoms with Crippen LogP contribution in [-0.2, 0) is 4.74 Å². The van der Waals surface area contributed by atoms with Crippen LogP contribution in [0.4, 0.5) is 0 Å². The number of nitrogens with zero attached hydrogens (tertiary/aromatic N) is 1. The van der Waals surface area contributed by atoms with E-state index in [0.717, 1.165) is 44.2 Å². The fourth-order valence-corrected chi connectivity index (χ4v) is 3.81. The predicted molar refractivity (Wildman–Crippen MR) is 82.7 cm³/mol. The molecule has 0 aromatic heterocycles. The summed E-state index contributed by atoms with van der Waals surface area (Å²) in [6, 6.07) is 0. The molecule has 2 N–H and O–H groups in total. The van der Waals surface area contributed by atoms with E-state index in [0.29, 0.717) is 0 Å². The minimum absolute atomic E-state index is 0.0307. The molecule has 0 aromatic rings. The molecule has 3 heteroatoms. The molecule has 1 heterocycles. The molecule has 2 atom stereocenters. The Morgan fingerprint density at radius 3 is 2.20 bits per heavy atom. The summed E-state index contributed by atoms with van der Waals surface area (Å²) in [5.74, 6) is 1.90. The van der Waals surface area contributed by atoms with Gasteiger partial charge in [-0.05, 0) is 63.7 Å². The molecule has 1 saturated heterocycles. The van der Waals surface area contributed by atoms with Crippen molar-refractivity contribution in [2.45, 2.75) is 69.9 Å². The molecule has 2 unspecified atom stereocenters. The Hall–Kier alpha value is -0.120. The second kappa shape index (κ2) is 5.58. The first kappa shape index (κ1) is 14.8. The van der Waals surface area contributed by atoms with E-state index in [-0.39, 0.29) is 11.1 Å². The average Bonchev–Trinajstić information content (AvgIpc) is 3.33. The van der Waals surface area contributed by atoms with Crippen molar-refractivity contribution in [1.29, 1.82) is 0 Å². The van der Waals surface area contributed by atoms with Crippen LogP contribution in [0, 0.1) is 11.8 Å². The highest BCUT2D eigenvalue weighted by molar-refractivity contribution is 5.02. The highest BCUT2D eigenvalue weighted by Gasteiger charge is 2.47. The second-order valence-corrected chi connectivity index (χ2v) is 7.80. The van der Waals surface area contributed by atoms with Gasteiger partial charge in [-0.3, -0.25) is 4.90 Å². The maximum Gasteiger partial charge on any atom is 0.0670 e. The first-order valence-corrected chi connectivity index (χ1v) is 8.68. The van der Waals surface area contributed by atoms with Gasteiger partial charge in [-0.15, -0.1) is 0 Å². The standard InChI is InChI=1S/C17H32N2O/c1-3-16(2)12-17(13-18,8-9-20-16)19(10-14-4-5-14)11-15-6-7-15/h14-15H,3-13,18H2,1-2H3. The van der Waals surface area contributed by atoms with Crippen molar-refractivity contribution in [3.63, 3.8) is 0 Å². The van der Waals surface area contributed by atoms with Crippen molar-refractivity contribution < 1.29 is 4.74 Å². The molecule has 0 aromatic carbocycles. The monoisotopic (exact) mass is 280 g/mol. The summed E-state index contributed by atoms with van der Waals surface area (Å²) in [4.78, 5) is 2.79. The largest absolute Gasteiger partial charge is 0.375 e. The molecule has 1 aliphatic heterocycles. The van der Waals surface area contributed by atoms with Gasteiger partial charge in [0.05, 0.1) is 5.60 Å². The third-order valence-electron chi connectivity index (χ3n) is 5.87. The van der Waals surface area contributed by atoms with Crippen LogP contribution >= 0.6 is 0 Å². The van der Waals surface area contributed by atoms with Gasteiger partial charge in [-0.25, -0.2) is 0 Å². The van der Waals surface area contributed by atoms with Gasteiger partial charge in [0.2, 0.25) is 0 Å². The third-order valence-corrected chi connectivity index (χ3v) is 5.87. The maximum absolute atomic E-state index is 6.31. The highest BCUT2D eigenvalue weighted by atomic mass is 16.5. The topological polar surface area (TPSA) is 38.5 Å². The fourth-order valence-electron chi connectivity index (χ4n) is 3.81. The van der Waals surface area contributed by atoms with Gasteiger partial charge in [0, 0.05) is 31.8 Å². The second-order valence-electron chi connectivity index (χ2n) is 7.80. The van der Waals surface area contributed by atoms with Crippen LogP contribution in [-0.4, -0.2) is 42.3 Å². The Morgan fingerprint density at radius 1 is 1.15 bits per heavy atom. The van der Waals surface area contributed by atoms with Crippen LogP contribution in [0.1, 0.15) is 58.8 Å². The van der Waals surface area contributed by atoms with E-state index in [4.69, 9.17) is 10.5 Å². The van der Waals surface area contributed by atoms with Gasteiger partial charge in [-0.2, -0.15) is 0 Å². The maximum atomic E-state index is 6.31. The molecule has 3 nitrogen and oxygen atoms in total. The zero-order valence-electron chi connectivity index (χ0n) is 13.4. The van der Waals surface area contributed by atoms with Gasteiger partial charge in [0.25, 0.3) is 0 Å². The first-order valence-electron chi connectivity index (χ1n) is 8.68. The van der Waals surface area contributed by atoms with Crippen LogP contribution in [0.3, 0.4) is 0 Å².